The average Bonchev–Trinajstić information content (AvgIpc) is 3.35. The highest BCUT2D eigenvalue weighted by Gasteiger charge is 2.31. The summed E-state index contributed by atoms with van der Waals surface area (Å²) in [5.74, 6) is 2.76. The molecule has 0 aromatic carbocycles. The Bertz CT molecular complexity index is 2280. The van der Waals surface area contributed by atoms with Crippen LogP contribution in [-0.2, 0) is 19.1 Å². The topological polar surface area (TPSA) is 249 Å². The normalized spacial score (nSPS) is 20.8. The Morgan fingerprint density at radius 1 is 0.621 bits per heavy atom. The van der Waals surface area contributed by atoms with Gasteiger partial charge in [0.25, 0.3) is 11.1 Å². The molecular weight excluding hydrogens is 849 g/mol. The van der Waals surface area contributed by atoms with Gasteiger partial charge in [0.15, 0.2) is 0 Å². The molecule has 0 bridgehead atoms. The van der Waals surface area contributed by atoms with E-state index in [4.69, 9.17) is 29.5 Å². The van der Waals surface area contributed by atoms with E-state index < -0.39 is 0 Å². The van der Waals surface area contributed by atoms with Crippen LogP contribution in [0.1, 0.15) is 73.6 Å². The molecule has 0 unspecified atom stereocenters. The summed E-state index contributed by atoms with van der Waals surface area (Å²) in [6.45, 7) is 9.39. The Labute approximate surface area is 382 Å². The van der Waals surface area contributed by atoms with Gasteiger partial charge in [-0.2, -0.15) is 20.7 Å². The third kappa shape index (κ3) is 12.7. The molecule has 4 aliphatic heterocycles. The van der Waals surface area contributed by atoms with Crippen LogP contribution in [0.4, 0.5) is 11.6 Å². The van der Waals surface area contributed by atoms with Crippen molar-refractivity contribution in [2.24, 2.45) is 0 Å². The molecule has 348 valence electrons. The minimum Gasteiger partial charge on any atom is -0.489 e. The molecule has 20 heteroatoms. The summed E-state index contributed by atoms with van der Waals surface area (Å²) < 4.78 is 23.8. The van der Waals surface area contributed by atoms with E-state index in [1.54, 1.807) is 38.4 Å². The van der Waals surface area contributed by atoms with Gasteiger partial charge in [-0.15, -0.1) is 0 Å². The molecule has 66 heavy (non-hydrogen) atoms. The van der Waals surface area contributed by atoms with Crippen molar-refractivity contribution in [1.29, 1.82) is 10.5 Å². The Balaban J connectivity index is 0.000000196. The predicted octanol–water partition coefficient (Wildman–Crippen LogP) is 2.80. The minimum absolute atomic E-state index is 0.101. The molecule has 4 saturated heterocycles. The van der Waals surface area contributed by atoms with E-state index in [-0.39, 0.29) is 47.3 Å². The first-order valence-electron chi connectivity index (χ1n) is 22.5. The molecular formula is C46H56N12O8. The van der Waals surface area contributed by atoms with E-state index in [1.165, 1.54) is 12.4 Å². The quantitative estimate of drug-likeness (QED) is 0.207. The van der Waals surface area contributed by atoms with Crippen molar-refractivity contribution in [3.05, 3.63) is 92.0 Å². The number of nitriles is 2. The van der Waals surface area contributed by atoms with Crippen molar-refractivity contribution in [2.75, 3.05) is 75.4 Å². The van der Waals surface area contributed by atoms with Crippen LogP contribution < -0.4 is 30.4 Å². The van der Waals surface area contributed by atoms with E-state index in [0.29, 0.717) is 112 Å². The lowest BCUT2D eigenvalue weighted by Gasteiger charge is -2.37. The molecule has 4 aromatic heterocycles. The van der Waals surface area contributed by atoms with E-state index in [2.05, 4.69) is 52.3 Å². The third-order valence-corrected chi connectivity index (χ3v) is 12.3. The summed E-state index contributed by atoms with van der Waals surface area (Å²) in [4.78, 5) is 65.7. The molecule has 2 amide bonds. The van der Waals surface area contributed by atoms with Crippen LogP contribution in [0.15, 0.2) is 58.6 Å². The Morgan fingerprint density at radius 3 is 1.38 bits per heavy atom. The molecule has 8 heterocycles. The number of hydrogen-bond donors (Lipinski definition) is 2. The van der Waals surface area contributed by atoms with E-state index in [9.17, 15) is 19.2 Å². The number of hydrogen-bond acceptors (Lipinski definition) is 16. The second-order valence-electron chi connectivity index (χ2n) is 16.8. The highest BCUT2D eigenvalue weighted by atomic mass is 16.5. The highest BCUT2D eigenvalue weighted by Crippen LogP contribution is 2.26. The Hall–Kier alpha value is -6.90. The van der Waals surface area contributed by atoms with Crippen LogP contribution in [-0.4, -0.2) is 142 Å². The minimum atomic E-state index is -0.268. The number of aromatic nitrogens is 6. The number of H-pyrrole nitrogens is 2. The fraction of sp³-hybridized carbons (Fsp3) is 0.522. The standard InChI is InChI=1S/2C23H28N6O4/c2*1-16-20(14-26-27-23(16)31)32-15-19-4-2-3-18(33-19)11-22(30)29-9-7-28(8-10-29)21-6-5-17(12-24)13-25-21/h2*5-6,13-14,18-19H,2-4,7-11,15H2,1H3,(H,27,31)/t2*18-,19-/m10/s1. The van der Waals surface area contributed by atoms with E-state index in [1.807, 2.05) is 21.9 Å². The summed E-state index contributed by atoms with van der Waals surface area (Å²) in [7, 11) is 0. The zero-order valence-electron chi connectivity index (χ0n) is 37.4. The molecule has 4 aliphatic rings. The van der Waals surface area contributed by atoms with Gasteiger partial charge in [-0.25, -0.2) is 20.2 Å². The second kappa shape index (κ2) is 22.8. The number of nitrogens with one attached hydrogen (secondary N) is 2. The molecule has 0 spiro atoms. The number of ether oxygens (including phenoxy) is 4. The molecule has 0 radical (unpaired) electrons. The molecule has 4 atom stereocenters. The fourth-order valence-electron chi connectivity index (χ4n) is 8.35. The van der Waals surface area contributed by atoms with Gasteiger partial charge in [-0.1, -0.05) is 0 Å². The van der Waals surface area contributed by atoms with Gasteiger partial charge < -0.3 is 38.5 Å². The van der Waals surface area contributed by atoms with Crippen LogP contribution in [0.2, 0.25) is 0 Å². The number of anilines is 2. The maximum absolute atomic E-state index is 12.9. The summed E-state index contributed by atoms with van der Waals surface area (Å²) in [5.41, 5.74) is 1.51. The smallest absolute Gasteiger partial charge is 0.270 e. The van der Waals surface area contributed by atoms with E-state index >= 15 is 0 Å². The zero-order chi connectivity index (χ0) is 46.4. The predicted molar refractivity (Wildman–Crippen MR) is 240 cm³/mol. The van der Waals surface area contributed by atoms with Crippen LogP contribution in [0.3, 0.4) is 0 Å². The Kier molecular flexibility index (Phi) is 16.3. The van der Waals surface area contributed by atoms with E-state index in [0.717, 1.165) is 50.2 Å². The average molecular weight is 905 g/mol. The first-order valence-corrected chi connectivity index (χ1v) is 22.5. The molecule has 8 rings (SSSR count). The maximum atomic E-state index is 12.9. The molecule has 4 aromatic rings. The fourth-order valence-corrected chi connectivity index (χ4v) is 8.35. The highest BCUT2D eigenvalue weighted by molar-refractivity contribution is 5.77. The van der Waals surface area contributed by atoms with Crippen LogP contribution in [0.25, 0.3) is 0 Å². The second-order valence-corrected chi connectivity index (χ2v) is 16.8. The monoisotopic (exact) mass is 904 g/mol. The van der Waals surface area contributed by atoms with Crippen molar-refractivity contribution in [2.45, 2.75) is 89.6 Å². The summed E-state index contributed by atoms with van der Waals surface area (Å²) >= 11 is 0. The van der Waals surface area contributed by atoms with Crippen molar-refractivity contribution in [3.63, 3.8) is 0 Å². The number of amides is 2. The van der Waals surface area contributed by atoms with Crippen LogP contribution in [0.5, 0.6) is 11.5 Å². The number of carbonyl (C=O) groups is 2. The number of rotatable bonds is 12. The van der Waals surface area contributed by atoms with Crippen LogP contribution in [0, 0.1) is 36.5 Å². The summed E-state index contributed by atoms with van der Waals surface area (Å²) in [5, 5.41) is 30.1. The van der Waals surface area contributed by atoms with Gasteiger partial charge in [0.05, 0.1) is 71.9 Å². The third-order valence-electron chi connectivity index (χ3n) is 12.3. The van der Waals surface area contributed by atoms with Gasteiger partial charge >= 0.3 is 0 Å². The lowest BCUT2D eigenvalue weighted by molar-refractivity contribution is -0.139. The lowest BCUT2D eigenvalue weighted by Crippen LogP contribution is -2.50. The van der Waals surface area contributed by atoms with Crippen molar-refractivity contribution in [3.8, 4) is 23.6 Å². The van der Waals surface area contributed by atoms with Gasteiger partial charge in [-0.05, 0) is 76.6 Å². The van der Waals surface area contributed by atoms with Gasteiger partial charge in [0, 0.05) is 64.8 Å². The number of nitrogens with zero attached hydrogens (tertiary/aromatic N) is 10. The number of pyridine rings is 2. The van der Waals surface area contributed by atoms with Crippen LogP contribution >= 0.6 is 0 Å². The SMILES string of the molecule is Cc1c(OC[C@@H]2CCC[C@@H](CC(=O)N3CCN(c4ccc(C#N)cn4)CC3)O2)cn[nH]c1=O.Cc1c(OC[C@H]2CCC[C@H](CC(=O)N3CCN(c4ccc(C#N)cn4)CC3)O2)cn[nH]c1=O. The first kappa shape index (κ1) is 47.1. The molecule has 4 fully saturated rings. The largest absolute Gasteiger partial charge is 0.489 e. The number of aromatic amines is 2. The lowest BCUT2D eigenvalue weighted by atomic mass is 10.0. The molecule has 0 saturated carbocycles. The Morgan fingerprint density at radius 2 is 1.02 bits per heavy atom. The van der Waals surface area contributed by atoms with Crippen molar-refractivity contribution in [1.82, 2.24) is 40.2 Å². The van der Waals surface area contributed by atoms with Gasteiger partial charge in [-0.3, -0.25) is 19.2 Å². The van der Waals surface area contributed by atoms with Gasteiger partial charge in [0.2, 0.25) is 11.8 Å². The summed E-state index contributed by atoms with van der Waals surface area (Å²) in [6.07, 6.45) is 11.7. The molecule has 0 aliphatic carbocycles. The number of piperazine rings is 2. The molecule has 20 nitrogen and oxygen atoms in total. The maximum Gasteiger partial charge on any atom is 0.270 e. The zero-order valence-corrected chi connectivity index (χ0v) is 37.4. The van der Waals surface area contributed by atoms with Crippen molar-refractivity contribution < 1.29 is 28.5 Å². The van der Waals surface area contributed by atoms with Gasteiger partial charge in [0.1, 0.15) is 48.5 Å². The first-order chi connectivity index (χ1) is 32.1. The van der Waals surface area contributed by atoms with Crippen molar-refractivity contribution >= 4 is 23.5 Å². The number of carbonyl (C=O) groups excluding carboxylic acids is 2. The summed E-state index contributed by atoms with van der Waals surface area (Å²) in [6, 6.07) is 11.3. The molecule has 2 N–H and O–H groups in total.